The van der Waals surface area contributed by atoms with Gasteiger partial charge in [0.2, 0.25) is 0 Å². The van der Waals surface area contributed by atoms with Crippen molar-refractivity contribution < 1.29 is 0 Å². The van der Waals surface area contributed by atoms with Gasteiger partial charge in [-0.25, -0.2) is 4.68 Å². The summed E-state index contributed by atoms with van der Waals surface area (Å²) >= 11 is 0. The van der Waals surface area contributed by atoms with Crippen LogP contribution < -0.4 is 5.32 Å². The molecule has 3 rings (SSSR count). The van der Waals surface area contributed by atoms with Crippen LogP contribution in [0.15, 0.2) is 36.4 Å². The topological polar surface area (TPSA) is 29.9 Å². The lowest BCUT2D eigenvalue weighted by Gasteiger charge is -2.25. The van der Waals surface area contributed by atoms with Crippen molar-refractivity contribution in [2.24, 2.45) is 0 Å². The van der Waals surface area contributed by atoms with Crippen LogP contribution in [0.4, 0.5) is 5.82 Å². The molecule has 0 saturated heterocycles. The first-order valence-electron chi connectivity index (χ1n) is 7.64. The monoisotopic (exact) mass is 269 g/mol. The third kappa shape index (κ3) is 2.58. The SMILES string of the molecule is CCCC(C)c1cc2n(n1)CC(c1ccccc1)CN2. The fourth-order valence-corrected chi connectivity index (χ4v) is 2.99. The number of aromatic nitrogens is 2. The van der Waals surface area contributed by atoms with Crippen molar-refractivity contribution >= 4 is 5.82 Å². The molecule has 1 aromatic heterocycles. The van der Waals surface area contributed by atoms with Crippen LogP contribution in [0, 0.1) is 0 Å². The number of hydrogen-bond acceptors (Lipinski definition) is 2. The summed E-state index contributed by atoms with van der Waals surface area (Å²) in [5.74, 6) is 2.24. The van der Waals surface area contributed by atoms with Crippen molar-refractivity contribution in [1.82, 2.24) is 9.78 Å². The van der Waals surface area contributed by atoms with Crippen LogP contribution in [0.5, 0.6) is 0 Å². The summed E-state index contributed by atoms with van der Waals surface area (Å²) < 4.78 is 2.14. The lowest BCUT2D eigenvalue weighted by Crippen LogP contribution is -2.26. The summed E-state index contributed by atoms with van der Waals surface area (Å²) in [6.45, 7) is 6.48. The van der Waals surface area contributed by atoms with Gasteiger partial charge in [0.1, 0.15) is 5.82 Å². The molecule has 0 saturated carbocycles. The second-order valence-corrected chi connectivity index (χ2v) is 5.81. The average molecular weight is 269 g/mol. The van der Waals surface area contributed by atoms with Gasteiger partial charge in [-0.15, -0.1) is 0 Å². The van der Waals surface area contributed by atoms with Crippen molar-refractivity contribution in [3.63, 3.8) is 0 Å². The summed E-state index contributed by atoms with van der Waals surface area (Å²) in [6, 6.07) is 12.9. The van der Waals surface area contributed by atoms with E-state index in [1.54, 1.807) is 0 Å². The van der Waals surface area contributed by atoms with Gasteiger partial charge in [0.25, 0.3) is 0 Å². The first-order valence-corrected chi connectivity index (χ1v) is 7.64. The molecule has 0 bridgehead atoms. The minimum absolute atomic E-state index is 0.512. The summed E-state index contributed by atoms with van der Waals surface area (Å²) in [5, 5.41) is 8.33. The van der Waals surface area contributed by atoms with E-state index in [9.17, 15) is 0 Å². The van der Waals surface area contributed by atoms with Gasteiger partial charge in [-0.3, -0.25) is 0 Å². The Morgan fingerprint density at radius 1 is 1.35 bits per heavy atom. The molecular weight excluding hydrogens is 246 g/mol. The van der Waals surface area contributed by atoms with E-state index in [2.05, 4.69) is 60.2 Å². The van der Waals surface area contributed by atoms with Gasteiger partial charge in [0.05, 0.1) is 12.2 Å². The fourth-order valence-electron chi connectivity index (χ4n) is 2.99. The third-order valence-corrected chi connectivity index (χ3v) is 4.22. The summed E-state index contributed by atoms with van der Waals surface area (Å²) in [7, 11) is 0. The smallest absolute Gasteiger partial charge is 0.124 e. The standard InChI is InChI=1S/C17H23N3/c1-3-7-13(2)16-10-17-18-11-15(12-20(17)19-16)14-8-5-4-6-9-14/h4-6,8-10,13,15,18H,3,7,11-12H2,1-2H3. The minimum atomic E-state index is 0.512. The Hall–Kier alpha value is -1.77. The van der Waals surface area contributed by atoms with Crippen LogP contribution in [0.1, 0.15) is 49.8 Å². The summed E-state index contributed by atoms with van der Waals surface area (Å²) in [6.07, 6.45) is 2.42. The maximum Gasteiger partial charge on any atom is 0.124 e. The van der Waals surface area contributed by atoms with Crippen LogP contribution in [-0.2, 0) is 6.54 Å². The van der Waals surface area contributed by atoms with E-state index in [0.717, 1.165) is 13.1 Å². The number of nitrogens with zero attached hydrogens (tertiary/aromatic N) is 2. The normalized spacial score (nSPS) is 19.2. The lowest BCUT2D eigenvalue weighted by molar-refractivity contribution is 0.496. The fraction of sp³-hybridized carbons (Fsp3) is 0.471. The third-order valence-electron chi connectivity index (χ3n) is 4.22. The van der Waals surface area contributed by atoms with Crippen molar-refractivity contribution in [3.05, 3.63) is 47.7 Å². The van der Waals surface area contributed by atoms with E-state index in [1.807, 2.05) is 0 Å². The molecule has 1 N–H and O–H groups in total. The summed E-state index contributed by atoms with van der Waals surface area (Å²) in [4.78, 5) is 0. The maximum atomic E-state index is 4.80. The van der Waals surface area contributed by atoms with Gasteiger partial charge in [-0.2, -0.15) is 5.10 Å². The number of hydrogen-bond donors (Lipinski definition) is 1. The quantitative estimate of drug-likeness (QED) is 0.909. The molecule has 2 atom stereocenters. The van der Waals surface area contributed by atoms with Crippen molar-refractivity contribution in [2.75, 3.05) is 11.9 Å². The van der Waals surface area contributed by atoms with Gasteiger partial charge in [-0.1, -0.05) is 50.6 Å². The zero-order valence-corrected chi connectivity index (χ0v) is 12.3. The molecule has 2 heterocycles. The van der Waals surface area contributed by atoms with Gasteiger partial charge in [0, 0.05) is 24.4 Å². The Labute approximate surface area is 121 Å². The second kappa shape index (κ2) is 5.70. The Balaban J connectivity index is 1.78. The molecule has 0 aliphatic carbocycles. The molecule has 2 aromatic rings. The molecule has 2 unspecified atom stereocenters. The van der Waals surface area contributed by atoms with Crippen LogP contribution in [0.3, 0.4) is 0 Å². The first kappa shape index (κ1) is 13.2. The van der Waals surface area contributed by atoms with Crippen LogP contribution in [0.2, 0.25) is 0 Å². The van der Waals surface area contributed by atoms with Gasteiger partial charge < -0.3 is 5.32 Å². The highest BCUT2D eigenvalue weighted by atomic mass is 15.3. The van der Waals surface area contributed by atoms with E-state index in [0.29, 0.717) is 11.8 Å². The molecule has 3 nitrogen and oxygen atoms in total. The molecule has 0 radical (unpaired) electrons. The second-order valence-electron chi connectivity index (χ2n) is 5.81. The van der Waals surface area contributed by atoms with Crippen molar-refractivity contribution in [1.29, 1.82) is 0 Å². The van der Waals surface area contributed by atoms with E-state index in [-0.39, 0.29) is 0 Å². The van der Waals surface area contributed by atoms with Crippen LogP contribution in [0.25, 0.3) is 0 Å². The van der Waals surface area contributed by atoms with Gasteiger partial charge >= 0.3 is 0 Å². The number of fused-ring (bicyclic) bond motifs is 1. The van der Waals surface area contributed by atoms with E-state index < -0.39 is 0 Å². The molecule has 1 aliphatic rings. The molecule has 3 heteroatoms. The molecular formula is C17H23N3. The van der Waals surface area contributed by atoms with Crippen molar-refractivity contribution in [3.8, 4) is 0 Å². The molecule has 1 aromatic carbocycles. The highest BCUT2D eigenvalue weighted by Crippen LogP contribution is 2.28. The Morgan fingerprint density at radius 3 is 2.90 bits per heavy atom. The predicted octanol–water partition coefficient (Wildman–Crippen LogP) is 4.00. The number of rotatable bonds is 4. The van der Waals surface area contributed by atoms with E-state index in [4.69, 9.17) is 5.10 Å². The number of anilines is 1. The molecule has 106 valence electrons. The molecule has 1 aliphatic heterocycles. The predicted molar refractivity (Wildman–Crippen MR) is 83.2 cm³/mol. The van der Waals surface area contributed by atoms with Crippen molar-refractivity contribution in [2.45, 2.75) is 45.1 Å². The Morgan fingerprint density at radius 2 is 2.15 bits per heavy atom. The zero-order chi connectivity index (χ0) is 13.9. The maximum absolute atomic E-state index is 4.80. The molecule has 0 amide bonds. The van der Waals surface area contributed by atoms with E-state index >= 15 is 0 Å². The molecule has 20 heavy (non-hydrogen) atoms. The number of benzene rings is 1. The van der Waals surface area contributed by atoms with E-state index in [1.165, 1.54) is 29.9 Å². The summed E-state index contributed by atoms with van der Waals surface area (Å²) in [5.41, 5.74) is 2.62. The zero-order valence-electron chi connectivity index (χ0n) is 12.3. The number of nitrogens with one attached hydrogen (secondary N) is 1. The van der Waals surface area contributed by atoms with Gasteiger partial charge in [0.15, 0.2) is 0 Å². The highest BCUT2D eigenvalue weighted by molar-refractivity contribution is 5.41. The molecule has 0 fully saturated rings. The Kier molecular flexibility index (Phi) is 3.77. The Bertz CT molecular complexity index is 559. The minimum Gasteiger partial charge on any atom is -0.370 e. The molecule has 0 spiro atoms. The average Bonchev–Trinajstić information content (AvgIpc) is 2.91. The lowest BCUT2D eigenvalue weighted by atomic mass is 9.98. The largest absolute Gasteiger partial charge is 0.370 e. The first-order chi connectivity index (χ1) is 9.78. The highest BCUT2D eigenvalue weighted by Gasteiger charge is 2.22. The van der Waals surface area contributed by atoms with Crippen LogP contribution in [-0.4, -0.2) is 16.3 Å². The van der Waals surface area contributed by atoms with Crippen LogP contribution >= 0.6 is 0 Å². The van der Waals surface area contributed by atoms with Gasteiger partial charge in [-0.05, 0) is 12.0 Å².